The molecule has 1 aliphatic rings. The van der Waals surface area contributed by atoms with Gasteiger partial charge >= 0.3 is 24.3 Å². The third-order valence-electron chi connectivity index (χ3n) is 5.26. The van der Waals surface area contributed by atoms with E-state index >= 15 is 0 Å². The van der Waals surface area contributed by atoms with Crippen molar-refractivity contribution in [2.75, 3.05) is 47.5 Å². The number of nitrogens with zero attached hydrogens (tertiary/aromatic N) is 3. The van der Waals surface area contributed by atoms with E-state index in [-0.39, 0.29) is 0 Å². The number of ether oxygens (including phenoxy) is 3. The molecule has 16 heteroatoms. The Kier molecular flexibility index (Phi) is 13.4. The van der Waals surface area contributed by atoms with Crippen LogP contribution >= 0.6 is 0 Å². The lowest BCUT2D eigenvalue weighted by Crippen LogP contribution is -2.45. The quantitative estimate of drug-likeness (QED) is 0.466. The van der Waals surface area contributed by atoms with Gasteiger partial charge < -0.3 is 24.4 Å². The molecule has 1 aromatic heterocycles. The van der Waals surface area contributed by atoms with Crippen molar-refractivity contribution in [1.82, 2.24) is 14.8 Å². The van der Waals surface area contributed by atoms with Gasteiger partial charge in [-0.1, -0.05) is 12.1 Å². The van der Waals surface area contributed by atoms with Crippen molar-refractivity contribution < 1.29 is 60.4 Å². The highest BCUT2D eigenvalue weighted by Gasteiger charge is 2.38. The summed E-state index contributed by atoms with van der Waals surface area (Å²) < 4.78 is 79.9. The van der Waals surface area contributed by atoms with E-state index in [0.717, 1.165) is 50.6 Å². The molecule has 0 radical (unpaired) electrons. The van der Waals surface area contributed by atoms with Gasteiger partial charge in [-0.15, -0.1) is 0 Å². The molecular weight excluding hydrogens is 556 g/mol. The molecule has 224 valence electrons. The van der Waals surface area contributed by atoms with Gasteiger partial charge in [-0.25, -0.2) is 9.59 Å². The fourth-order valence-electron chi connectivity index (χ4n) is 3.38. The molecule has 0 saturated carbocycles. The Hall–Kier alpha value is -3.79. The van der Waals surface area contributed by atoms with E-state index in [1.807, 2.05) is 24.5 Å². The Morgan fingerprint density at radius 1 is 0.800 bits per heavy atom. The van der Waals surface area contributed by atoms with Gasteiger partial charge in [-0.2, -0.15) is 26.3 Å². The molecule has 1 aromatic carbocycles. The molecule has 1 fully saturated rings. The normalized spacial score (nSPS) is 14.1. The van der Waals surface area contributed by atoms with Gasteiger partial charge in [0.2, 0.25) is 5.75 Å². The smallest absolute Gasteiger partial charge is 0.490 e. The summed E-state index contributed by atoms with van der Waals surface area (Å²) in [6, 6.07) is 8.13. The molecule has 0 amide bonds. The van der Waals surface area contributed by atoms with Crippen LogP contribution in [0.1, 0.15) is 11.1 Å². The van der Waals surface area contributed by atoms with Gasteiger partial charge in [0.25, 0.3) is 0 Å². The summed E-state index contributed by atoms with van der Waals surface area (Å²) >= 11 is 0. The standard InChI is InChI=1S/C20H27N3O3.2C2HF3O2/c1-24-18-7-6-17(19(25-2)20(18)26-3)15-23-11-9-22(10-12-23)14-16-5-4-8-21-13-16;2*3-2(4,5)1(6)7/h4-8,13H,9-12,14-15H2,1-3H3;2*(H,6,7). The maximum Gasteiger partial charge on any atom is 0.490 e. The maximum atomic E-state index is 10.6. The van der Waals surface area contributed by atoms with Crippen LogP contribution in [0.4, 0.5) is 26.3 Å². The lowest BCUT2D eigenvalue weighted by Gasteiger charge is -2.35. The van der Waals surface area contributed by atoms with E-state index in [0.29, 0.717) is 11.5 Å². The number of aromatic nitrogens is 1. The van der Waals surface area contributed by atoms with Crippen molar-refractivity contribution >= 4 is 11.9 Å². The molecule has 40 heavy (non-hydrogen) atoms. The average molecular weight is 585 g/mol. The number of halogens is 6. The van der Waals surface area contributed by atoms with Crippen LogP contribution in [0.2, 0.25) is 0 Å². The summed E-state index contributed by atoms with van der Waals surface area (Å²) in [6.45, 7) is 5.94. The minimum Gasteiger partial charge on any atom is -0.493 e. The van der Waals surface area contributed by atoms with Crippen LogP contribution in [0.15, 0.2) is 36.7 Å². The largest absolute Gasteiger partial charge is 0.493 e. The number of aliphatic carboxylic acids is 2. The number of pyridine rings is 1. The van der Waals surface area contributed by atoms with E-state index in [9.17, 15) is 26.3 Å². The lowest BCUT2D eigenvalue weighted by atomic mass is 10.1. The van der Waals surface area contributed by atoms with E-state index < -0.39 is 24.3 Å². The number of benzene rings is 1. The molecule has 0 spiro atoms. The maximum absolute atomic E-state index is 10.6. The topological polar surface area (TPSA) is 122 Å². The van der Waals surface area contributed by atoms with Gasteiger partial charge in [0.05, 0.1) is 21.3 Å². The molecule has 2 N–H and O–H groups in total. The molecule has 3 rings (SSSR count). The molecule has 2 aromatic rings. The van der Waals surface area contributed by atoms with Crippen molar-refractivity contribution in [2.45, 2.75) is 25.4 Å². The number of carboxylic acids is 2. The van der Waals surface area contributed by atoms with Crippen LogP contribution in [0.5, 0.6) is 17.2 Å². The molecule has 0 bridgehead atoms. The second-order valence-electron chi connectivity index (χ2n) is 8.01. The predicted octanol–water partition coefficient (Wildman–Crippen LogP) is 3.69. The molecule has 0 atom stereocenters. The van der Waals surface area contributed by atoms with Crippen molar-refractivity contribution in [3.05, 3.63) is 47.8 Å². The summed E-state index contributed by atoms with van der Waals surface area (Å²) in [5.74, 6) is -3.42. The Morgan fingerprint density at radius 3 is 1.65 bits per heavy atom. The Labute approximate surface area is 225 Å². The lowest BCUT2D eigenvalue weighted by molar-refractivity contribution is -0.193. The van der Waals surface area contributed by atoms with Crippen molar-refractivity contribution in [3.63, 3.8) is 0 Å². The Bertz CT molecular complexity index is 1050. The molecule has 1 aliphatic heterocycles. The fourth-order valence-corrected chi connectivity index (χ4v) is 3.38. The van der Waals surface area contributed by atoms with Gasteiger partial charge in [-0.3, -0.25) is 14.8 Å². The summed E-state index contributed by atoms with van der Waals surface area (Å²) in [7, 11) is 4.95. The summed E-state index contributed by atoms with van der Waals surface area (Å²) in [4.78, 5) is 26.9. The van der Waals surface area contributed by atoms with Crippen LogP contribution in [-0.2, 0) is 22.7 Å². The van der Waals surface area contributed by atoms with Gasteiger partial charge in [0, 0.05) is 57.2 Å². The van der Waals surface area contributed by atoms with Crippen LogP contribution in [-0.4, -0.2) is 96.8 Å². The molecule has 10 nitrogen and oxygen atoms in total. The monoisotopic (exact) mass is 585 g/mol. The van der Waals surface area contributed by atoms with Gasteiger partial charge in [-0.05, 0) is 17.7 Å². The van der Waals surface area contributed by atoms with E-state index in [4.69, 9.17) is 34.0 Å². The zero-order valence-corrected chi connectivity index (χ0v) is 21.8. The van der Waals surface area contributed by atoms with E-state index in [1.54, 1.807) is 21.3 Å². The molecular formula is C24H29F6N3O7. The van der Waals surface area contributed by atoms with Crippen LogP contribution < -0.4 is 14.2 Å². The third-order valence-corrected chi connectivity index (χ3v) is 5.26. The first-order valence-electron chi connectivity index (χ1n) is 11.4. The minimum absolute atomic E-state index is 0.655. The van der Waals surface area contributed by atoms with Crippen molar-refractivity contribution in [1.29, 1.82) is 0 Å². The number of rotatable bonds is 7. The second kappa shape index (κ2) is 15.7. The van der Waals surface area contributed by atoms with Crippen LogP contribution in [0.3, 0.4) is 0 Å². The average Bonchev–Trinajstić information content (AvgIpc) is 2.89. The first kappa shape index (κ1) is 34.2. The summed E-state index contributed by atoms with van der Waals surface area (Å²) in [6.07, 6.45) is -6.40. The number of piperazine rings is 1. The minimum atomic E-state index is -5.08. The molecule has 0 aliphatic carbocycles. The third kappa shape index (κ3) is 11.5. The van der Waals surface area contributed by atoms with E-state index in [2.05, 4.69) is 26.9 Å². The highest BCUT2D eigenvalue weighted by molar-refractivity contribution is 5.73. The van der Waals surface area contributed by atoms with Gasteiger partial charge in [0.1, 0.15) is 0 Å². The Morgan fingerprint density at radius 2 is 1.27 bits per heavy atom. The van der Waals surface area contributed by atoms with Crippen LogP contribution in [0.25, 0.3) is 0 Å². The zero-order valence-electron chi connectivity index (χ0n) is 21.8. The van der Waals surface area contributed by atoms with Gasteiger partial charge in [0.15, 0.2) is 11.5 Å². The predicted molar refractivity (Wildman–Crippen MR) is 128 cm³/mol. The first-order valence-corrected chi connectivity index (χ1v) is 11.4. The summed E-state index contributed by atoms with van der Waals surface area (Å²) in [5.41, 5.74) is 2.38. The number of hydrogen-bond donors (Lipinski definition) is 2. The summed E-state index contributed by atoms with van der Waals surface area (Å²) in [5, 5.41) is 14.2. The number of alkyl halides is 6. The number of hydrogen-bond acceptors (Lipinski definition) is 8. The highest BCUT2D eigenvalue weighted by atomic mass is 19.4. The number of methoxy groups -OCH3 is 3. The highest BCUT2D eigenvalue weighted by Crippen LogP contribution is 2.40. The number of carboxylic acid groups (broad SMARTS) is 2. The van der Waals surface area contributed by atoms with Crippen LogP contribution in [0, 0.1) is 0 Å². The van der Waals surface area contributed by atoms with E-state index in [1.165, 1.54) is 5.56 Å². The fraction of sp³-hybridized carbons (Fsp3) is 0.458. The molecule has 0 unspecified atom stereocenters. The van der Waals surface area contributed by atoms with Crippen molar-refractivity contribution in [3.8, 4) is 17.2 Å². The molecule has 2 heterocycles. The first-order chi connectivity index (χ1) is 18.6. The molecule has 1 saturated heterocycles. The Balaban J connectivity index is 0.000000473. The second-order valence-corrected chi connectivity index (χ2v) is 8.01. The SMILES string of the molecule is COc1ccc(CN2CCN(Cc3cccnc3)CC2)c(OC)c1OC.O=C(O)C(F)(F)F.O=C(O)C(F)(F)F. The number of carbonyl (C=O) groups is 2. The van der Waals surface area contributed by atoms with Crippen molar-refractivity contribution in [2.24, 2.45) is 0 Å². The zero-order chi connectivity index (χ0) is 30.5.